The summed E-state index contributed by atoms with van der Waals surface area (Å²) in [6.07, 6.45) is 25.0. The maximum absolute atomic E-state index is 5.37. The van der Waals surface area contributed by atoms with Crippen LogP contribution in [0.2, 0.25) is 0 Å². The molecule has 4 aromatic heterocycles. The van der Waals surface area contributed by atoms with Gasteiger partial charge in [-0.15, -0.1) is 22.7 Å². The van der Waals surface area contributed by atoms with Crippen LogP contribution < -0.4 is 0 Å². The summed E-state index contributed by atoms with van der Waals surface area (Å²) >= 11 is 6.79. The van der Waals surface area contributed by atoms with Crippen LogP contribution in [0.3, 0.4) is 0 Å². The molecule has 342 valence electrons. The number of hydrogen-bond acceptors (Lipinski definition) is 8. The summed E-state index contributed by atoms with van der Waals surface area (Å²) in [4.78, 5) is 5.70. The van der Waals surface area contributed by atoms with Crippen LogP contribution in [-0.4, -0.2) is 17.5 Å². The van der Waals surface area contributed by atoms with Crippen molar-refractivity contribution < 1.29 is 0 Å². The molecule has 3 aliphatic rings. The van der Waals surface area contributed by atoms with Crippen molar-refractivity contribution in [1.82, 2.24) is 17.5 Å². The monoisotopic (exact) mass is 938 g/mol. The molecule has 0 atom stereocenters. The van der Waals surface area contributed by atoms with E-state index in [1.807, 2.05) is 22.7 Å². The van der Waals surface area contributed by atoms with E-state index in [2.05, 4.69) is 91.8 Å². The van der Waals surface area contributed by atoms with Gasteiger partial charge in [-0.2, -0.15) is 17.5 Å². The summed E-state index contributed by atoms with van der Waals surface area (Å²) in [7, 11) is 0. The number of benzene rings is 3. The molecule has 0 saturated carbocycles. The molecule has 3 aliphatic carbocycles. The third-order valence-electron chi connectivity index (χ3n) is 16.3. The zero-order chi connectivity index (χ0) is 45.1. The lowest BCUT2D eigenvalue weighted by Gasteiger charge is -2.35. The number of aryl methyl sites for hydroxylation is 2. The van der Waals surface area contributed by atoms with Crippen molar-refractivity contribution in [2.24, 2.45) is 0 Å². The fraction of sp³-hybridized carbons (Fsp3) is 0.544. The topological polar surface area (TPSA) is 51.6 Å². The van der Waals surface area contributed by atoms with Crippen LogP contribution in [0, 0.1) is 13.8 Å². The first-order valence-corrected chi connectivity index (χ1v) is 28.7. The van der Waals surface area contributed by atoms with Gasteiger partial charge < -0.3 is 0 Å². The molecule has 65 heavy (non-hydrogen) atoms. The molecule has 0 aliphatic heterocycles. The first-order chi connectivity index (χ1) is 31.6. The SMILES string of the molecule is CCCCCCC1(CCCCCC)c2cc3c(cc2-c2c1cc(C)c1nsnc21)C(CCCCCC)(CCCCCC)c1cc(-c2cc4c(s2)-c2sc(C)cc2C4(C)C)c2nsnc2c1-3. The van der Waals surface area contributed by atoms with Crippen LogP contribution in [0.1, 0.15) is 214 Å². The molecular weight excluding hydrogens is 869 g/mol. The fourth-order valence-corrected chi connectivity index (χ4v) is 16.7. The summed E-state index contributed by atoms with van der Waals surface area (Å²) in [6, 6.07) is 15.7. The maximum atomic E-state index is 5.37. The Balaban J connectivity index is 1.24. The molecule has 8 heteroatoms. The quantitative estimate of drug-likeness (QED) is 0.0674. The highest BCUT2D eigenvalue weighted by Crippen LogP contribution is 2.64. The molecular formula is C57H70N4S4. The molecule has 0 N–H and O–H groups in total. The van der Waals surface area contributed by atoms with Crippen molar-refractivity contribution in [3.63, 3.8) is 0 Å². The molecule has 0 unspecified atom stereocenters. The van der Waals surface area contributed by atoms with Crippen molar-refractivity contribution in [2.45, 2.75) is 200 Å². The van der Waals surface area contributed by atoms with E-state index in [0.717, 1.165) is 22.1 Å². The van der Waals surface area contributed by atoms with E-state index in [0.29, 0.717) is 0 Å². The molecule has 0 fully saturated rings. The lowest BCUT2D eigenvalue weighted by molar-refractivity contribution is 0.397. The molecule has 7 aromatic rings. The fourth-order valence-electron chi connectivity index (χ4n) is 12.8. The molecule has 3 aromatic carbocycles. The Morgan fingerprint density at radius 2 is 0.846 bits per heavy atom. The first kappa shape index (κ1) is 45.5. The number of fused-ring (bicyclic) bond motifs is 13. The van der Waals surface area contributed by atoms with E-state index >= 15 is 0 Å². The zero-order valence-electron chi connectivity index (χ0n) is 40.5. The Morgan fingerprint density at radius 3 is 1.37 bits per heavy atom. The Bertz CT molecular complexity index is 2840. The van der Waals surface area contributed by atoms with Crippen LogP contribution in [0.25, 0.3) is 64.5 Å². The summed E-state index contributed by atoms with van der Waals surface area (Å²) in [6.45, 7) is 18.8. The summed E-state index contributed by atoms with van der Waals surface area (Å²) in [5.41, 5.74) is 21.7. The van der Waals surface area contributed by atoms with E-state index in [1.54, 1.807) is 11.1 Å². The predicted molar refractivity (Wildman–Crippen MR) is 284 cm³/mol. The Hall–Kier alpha value is -3.30. The number of thiophene rings is 2. The van der Waals surface area contributed by atoms with Gasteiger partial charge in [-0.3, -0.25) is 0 Å². The normalized spacial score (nSPS) is 15.8. The average Bonchev–Trinajstić information content (AvgIpc) is 4.17. The average molecular weight is 939 g/mol. The number of hydrogen-bond donors (Lipinski definition) is 0. The van der Waals surface area contributed by atoms with Gasteiger partial charge in [0.15, 0.2) is 0 Å². The molecule has 0 radical (unpaired) electrons. The van der Waals surface area contributed by atoms with Crippen molar-refractivity contribution in [3.05, 3.63) is 80.2 Å². The highest BCUT2D eigenvalue weighted by Gasteiger charge is 2.50. The number of nitrogens with zero attached hydrogens (tertiary/aromatic N) is 4. The lowest BCUT2D eigenvalue weighted by atomic mass is 9.68. The largest absolute Gasteiger partial charge is 0.173 e. The van der Waals surface area contributed by atoms with Gasteiger partial charge in [0.25, 0.3) is 0 Å². The summed E-state index contributed by atoms with van der Waals surface area (Å²) in [5, 5.41) is 0. The maximum Gasteiger partial charge on any atom is 0.114 e. The highest BCUT2D eigenvalue weighted by atomic mass is 32.1. The Labute approximate surface area is 405 Å². The lowest BCUT2D eigenvalue weighted by Crippen LogP contribution is -2.27. The van der Waals surface area contributed by atoms with Crippen LogP contribution in [0.4, 0.5) is 0 Å². The molecule has 0 amide bonds. The van der Waals surface area contributed by atoms with E-state index in [9.17, 15) is 0 Å². The van der Waals surface area contributed by atoms with Gasteiger partial charge in [0.1, 0.15) is 22.1 Å². The van der Waals surface area contributed by atoms with E-state index in [4.69, 9.17) is 17.5 Å². The van der Waals surface area contributed by atoms with E-state index in [1.165, 1.54) is 227 Å². The van der Waals surface area contributed by atoms with Gasteiger partial charge in [0.2, 0.25) is 0 Å². The van der Waals surface area contributed by atoms with Crippen molar-refractivity contribution in [1.29, 1.82) is 0 Å². The van der Waals surface area contributed by atoms with Gasteiger partial charge in [-0.25, -0.2) is 0 Å². The molecule has 0 spiro atoms. The Kier molecular flexibility index (Phi) is 12.8. The van der Waals surface area contributed by atoms with Crippen LogP contribution >= 0.6 is 46.1 Å². The van der Waals surface area contributed by atoms with Crippen molar-refractivity contribution in [2.75, 3.05) is 0 Å². The third-order valence-corrected chi connectivity index (χ3v) is 19.7. The summed E-state index contributed by atoms with van der Waals surface area (Å²) in [5.74, 6) is 0. The molecule has 4 nitrogen and oxygen atoms in total. The second-order valence-electron chi connectivity index (χ2n) is 20.8. The minimum Gasteiger partial charge on any atom is -0.173 e. The number of rotatable bonds is 21. The minimum atomic E-state index is -0.108. The van der Waals surface area contributed by atoms with Crippen LogP contribution in [0.5, 0.6) is 0 Å². The molecule has 0 bridgehead atoms. The standard InChI is InChI=1S/C57H70N4S4/c1-9-13-17-21-25-56(26-22-18-14-10-2)40-32-38-41(31-37(40)47-42(56)29-35(5)49-51(47)60-64-58-49)57(27-23-19-15-11-3,28-24-20-16-12-4)43-33-39(50-52(48(38)43)61-65-59-50)46-34-45-54(63-46)53-44(55(45,7)8)30-36(6)62-53/h29-34H,9-28H2,1-8H3. The van der Waals surface area contributed by atoms with Crippen LogP contribution in [-0.2, 0) is 16.2 Å². The zero-order valence-corrected chi connectivity index (χ0v) is 43.8. The van der Waals surface area contributed by atoms with Crippen LogP contribution in [0.15, 0.2) is 36.4 Å². The van der Waals surface area contributed by atoms with Crippen molar-refractivity contribution in [3.8, 4) is 42.4 Å². The van der Waals surface area contributed by atoms with Gasteiger partial charge in [-0.05, 0) is 120 Å². The minimum absolute atomic E-state index is 0.00782. The van der Waals surface area contributed by atoms with Gasteiger partial charge in [0, 0.05) is 52.4 Å². The number of aromatic nitrogens is 4. The predicted octanol–water partition coefficient (Wildman–Crippen LogP) is 18.8. The van der Waals surface area contributed by atoms with Gasteiger partial charge in [-0.1, -0.05) is 150 Å². The Morgan fingerprint density at radius 1 is 0.415 bits per heavy atom. The highest BCUT2D eigenvalue weighted by molar-refractivity contribution is 7.24. The third kappa shape index (κ3) is 7.35. The first-order valence-electron chi connectivity index (χ1n) is 25.6. The summed E-state index contributed by atoms with van der Waals surface area (Å²) < 4.78 is 20.8. The molecule has 0 saturated heterocycles. The number of unbranched alkanes of at least 4 members (excludes halogenated alkanes) is 12. The van der Waals surface area contributed by atoms with E-state index < -0.39 is 0 Å². The smallest absolute Gasteiger partial charge is 0.114 e. The molecule has 10 rings (SSSR count). The van der Waals surface area contributed by atoms with Crippen molar-refractivity contribution >= 4 is 68.2 Å². The van der Waals surface area contributed by atoms with E-state index in [-0.39, 0.29) is 16.2 Å². The molecule has 4 heterocycles. The van der Waals surface area contributed by atoms with Gasteiger partial charge >= 0.3 is 0 Å². The van der Waals surface area contributed by atoms with Gasteiger partial charge in [0.05, 0.1) is 23.5 Å². The second-order valence-corrected chi connectivity index (χ2v) is 24.2. The second kappa shape index (κ2) is 18.3.